The molecule has 9 heteroatoms. The van der Waals surface area contributed by atoms with Gasteiger partial charge in [0, 0.05) is 6.04 Å². The number of ether oxygens (including phenoxy) is 1. The van der Waals surface area contributed by atoms with Gasteiger partial charge in [-0.25, -0.2) is 0 Å². The third-order valence-electron chi connectivity index (χ3n) is 2.72. The van der Waals surface area contributed by atoms with Crippen molar-refractivity contribution in [3.63, 3.8) is 0 Å². The molecule has 0 aliphatic carbocycles. The monoisotopic (exact) mass is 316 g/mol. The largest absolute Gasteiger partial charge is 0.470 e. The van der Waals surface area contributed by atoms with Gasteiger partial charge >= 0.3 is 12.4 Å². The Balaban J connectivity index is 2.92. The molecule has 1 rings (SSSR count). The zero-order chi connectivity index (χ0) is 16.3. The zero-order valence-corrected chi connectivity index (χ0v) is 11.2. The highest BCUT2D eigenvalue weighted by molar-refractivity contribution is 5.22. The average molecular weight is 316 g/mol. The summed E-state index contributed by atoms with van der Waals surface area (Å²) in [7, 11) is 1.67. The molecule has 0 saturated carbocycles. The van der Waals surface area contributed by atoms with Crippen LogP contribution >= 0.6 is 0 Å². The van der Waals surface area contributed by atoms with Gasteiger partial charge in [0.15, 0.2) is 0 Å². The van der Waals surface area contributed by atoms with Crippen molar-refractivity contribution in [2.75, 3.05) is 7.05 Å². The van der Waals surface area contributed by atoms with E-state index >= 15 is 0 Å². The molecule has 1 aromatic rings. The highest BCUT2D eigenvalue weighted by atomic mass is 19.4. The van der Waals surface area contributed by atoms with E-state index < -0.39 is 24.2 Å². The van der Waals surface area contributed by atoms with E-state index in [0.29, 0.717) is 12.1 Å². The average Bonchev–Trinajstić information content (AvgIpc) is 2.36. The summed E-state index contributed by atoms with van der Waals surface area (Å²) in [5.41, 5.74) is 0.503. The fourth-order valence-electron chi connectivity index (χ4n) is 1.68. The summed E-state index contributed by atoms with van der Waals surface area (Å²) in [6.45, 7) is 1.86. The second-order valence-corrected chi connectivity index (χ2v) is 4.25. The highest BCUT2D eigenvalue weighted by Crippen LogP contribution is 2.36. The molecule has 1 heterocycles. The maximum absolute atomic E-state index is 12.3. The van der Waals surface area contributed by atoms with E-state index in [9.17, 15) is 26.3 Å². The maximum Gasteiger partial charge on any atom is 0.434 e. The standard InChI is InChI=1S/C12H14F6N2O/c1-3-8(19-2)9-5-4-7(6-20-9)21-10(11(13,14)15)12(16,17)18/h4-6,8,10,19H,3H2,1-2H3. The molecule has 0 amide bonds. The van der Waals surface area contributed by atoms with Gasteiger partial charge in [0.05, 0.1) is 11.9 Å². The molecule has 21 heavy (non-hydrogen) atoms. The predicted octanol–water partition coefficient (Wildman–Crippen LogP) is 3.62. The summed E-state index contributed by atoms with van der Waals surface area (Å²) >= 11 is 0. The second kappa shape index (κ2) is 6.50. The minimum absolute atomic E-state index is 0.139. The van der Waals surface area contributed by atoms with E-state index in [-0.39, 0.29) is 6.04 Å². The number of alkyl halides is 6. The first-order chi connectivity index (χ1) is 9.59. The maximum atomic E-state index is 12.3. The van der Waals surface area contributed by atoms with Crippen molar-refractivity contribution in [1.29, 1.82) is 0 Å². The quantitative estimate of drug-likeness (QED) is 0.843. The normalized spacial score (nSPS) is 14.3. The molecule has 0 aliphatic rings. The molecule has 1 N–H and O–H groups in total. The number of aromatic nitrogens is 1. The third kappa shape index (κ3) is 4.76. The Morgan fingerprint density at radius 3 is 2.05 bits per heavy atom. The van der Waals surface area contributed by atoms with Crippen molar-refractivity contribution in [2.24, 2.45) is 0 Å². The molecule has 0 aromatic carbocycles. The SMILES string of the molecule is CCC(NC)c1ccc(OC(C(F)(F)F)C(F)(F)F)cn1. The van der Waals surface area contributed by atoms with Crippen LogP contribution in [0.3, 0.4) is 0 Å². The lowest BCUT2D eigenvalue weighted by molar-refractivity contribution is -0.299. The highest BCUT2D eigenvalue weighted by Gasteiger charge is 2.59. The van der Waals surface area contributed by atoms with Gasteiger partial charge in [-0.3, -0.25) is 4.98 Å². The number of hydrogen-bond donors (Lipinski definition) is 1. The fourth-order valence-corrected chi connectivity index (χ4v) is 1.68. The molecule has 0 fully saturated rings. The summed E-state index contributed by atoms with van der Waals surface area (Å²) < 4.78 is 78.1. The lowest BCUT2D eigenvalue weighted by Gasteiger charge is -2.23. The molecular formula is C12H14F6N2O. The van der Waals surface area contributed by atoms with Gasteiger partial charge in [-0.15, -0.1) is 0 Å². The van der Waals surface area contributed by atoms with Gasteiger partial charge in [-0.1, -0.05) is 6.92 Å². The van der Waals surface area contributed by atoms with Gasteiger partial charge in [-0.2, -0.15) is 26.3 Å². The van der Waals surface area contributed by atoms with Crippen LogP contribution in [0.5, 0.6) is 5.75 Å². The third-order valence-corrected chi connectivity index (χ3v) is 2.72. The summed E-state index contributed by atoms with van der Waals surface area (Å²) in [6.07, 6.45) is -13.5. The Hall–Kier alpha value is -1.51. The van der Waals surface area contributed by atoms with Gasteiger partial charge in [0.25, 0.3) is 6.10 Å². The molecular weight excluding hydrogens is 302 g/mol. The summed E-state index contributed by atoms with van der Waals surface area (Å²) in [4.78, 5) is 3.82. The van der Waals surface area contributed by atoms with E-state index in [2.05, 4.69) is 15.0 Å². The van der Waals surface area contributed by atoms with Crippen LogP contribution in [-0.4, -0.2) is 30.5 Å². The molecule has 0 saturated heterocycles. The smallest absolute Gasteiger partial charge is 0.434 e. The van der Waals surface area contributed by atoms with Crippen LogP contribution in [0, 0.1) is 0 Å². The number of pyridine rings is 1. The van der Waals surface area contributed by atoms with Crippen LogP contribution in [-0.2, 0) is 0 Å². The number of nitrogens with one attached hydrogen (secondary N) is 1. The Bertz CT molecular complexity index is 425. The first kappa shape index (κ1) is 17.5. The van der Waals surface area contributed by atoms with E-state index in [1.807, 2.05) is 6.92 Å². The Morgan fingerprint density at radius 1 is 1.14 bits per heavy atom. The summed E-state index contributed by atoms with van der Waals surface area (Å²) in [5, 5.41) is 2.91. The van der Waals surface area contributed by atoms with Gasteiger partial charge in [0.2, 0.25) is 0 Å². The summed E-state index contributed by atoms with van der Waals surface area (Å²) in [6, 6.07) is 2.22. The van der Waals surface area contributed by atoms with Crippen molar-refractivity contribution >= 4 is 0 Å². The van der Waals surface area contributed by atoms with Crippen LogP contribution in [0.4, 0.5) is 26.3 Å². The van der Waals surface area contributed by atoms with Gasteiger partial charge in [-0.05, 0) is 25.6 Å². The van der Waals surface area contributed by atoms with Crippen LogP contribution in [0.2, 0.25) is 0 Å². The van der Waals surface area contributed by atoms with E-state index in [0.717, 1.165) is 12.3 Å². The lowest BCUT2D eigenvalue weighted by atomic mass is 10.1. The molecule has 1 unspecified atom stereocenters. The minimum Gasteiger partial charge on any atom is -0.470 e. The number of halogens is 6. The first-order valence-corrected chi connectivity index (χ1v) is 6.02. The number of rotatable bonds is 5. The minimum atomic E-state index is -5.55. The molecule has 120 valence electrons. The van der Waals surface area contributed by atoms with Crippen molar-refractivity contribution in [1.82, 2.24) is 10.3 Å². The van der Waals surface area contributed by atoms with Gasteiger partial charge in [0.1, 0.15) is 5.75 Å². The first-order valence-electron chi connectivity index (χ1n) is 6.02. The summed E-state index contributed by atoms with van der Waals surface area (Å²) in [5.74, 6) is -0.593. The number of hydrogen-bond acceptors (Lipinski definition) is 3. The van der Waals surface area contributed by atoms with Crippen molar-refractivity contribution in [3.8, 4) is 5.75 Å². The van der Waals surface area contributed by atoms with E-state index in [1.165, 1.54) is 6.07 Å². The molecule has 3 nitrogen and oxygen atoms in total. The Labute approximate surface area is 117 Å². The van der Waals surface area contributed by atoms with Crippen LogP contribution in [0.15, 0.2) is 18.3 Å². The van der Waals surface area contributed by atoms with Crippen molar-refractivity contribution in [3.05, 3.63) is 24.0 Å². The molecule has 1 aromatic heterocycles. The van der Waals surface area contributed by atoms with Crippen molar-refractivity contribution < 1.29 is 31.1 Å². The second-order valence-electron chi connectivity index (χ2n) is 4.25. The lowest BCUT2D eigenvalue weighted by Crippen LogP contribution is -2.46. The molecule has 0 bridgehead atoms. The van der Waals surface area contributed by atoms with Crippen LogP contribution in [0.25, 0.3) is 0 Å². The zero-order valence-electron chi connectivity index (χ0n) is 11.2. The molecule has 1 atom stereocenters. The number of nitrogens with zero attached hydrogens (tertiary/aromatic N) is 1. The van der Waals surface area contributed by atoms with Crippen LogP contribution < -0.4 is 10.1 Å². The molecule has 0 aliphatic heterocycles. The molecule has 0 spiro atoms. The van der Waals surface area contributed by atoms with E-state index in [1.54, 1.807) is 7.05 Å². The fraction of sp³-hybridized carbons (Fsp3) is 0.583. The molecule has 0 radical (unpaired) electrons. The van der Waals surface area contributed by atoms with E-state index in [4.69, 9.17) is 0 Å². The topological polar surface area (TPSA) is 34.1 Å². The predicted molar refractivity (Wildman–Crippen MR) is 62.9 cm³/mol. The Kier molecular flexibility index (Phi) is 5.43. The van der Waals surface area contributed by atoms with Gasteiger partial charge < -0.3 is 10.1 Å². The van der Waals surface area contributed by atoms with Crippen molar-refractivity contribution in [2.45, 2.75) is 37.8 Å². The Morgan fingerprint density at radius 2 is 1.71 bits per heavy atom. The van der Waals surface area contributed by atoms with Crippen LogP contribution in [0.1, 0.15) is 25.1 Å².